The van der Waals surface area contributed by atoms with Crippen LogP contribution in [-0.2, 0) is 0 Å². The summed E-state index contributed by atoms with van der Waals surface area (Å²) in [5.74, 6) is 1.70. The van der Waals surface area contributed by atoms with E-state index in [9.17, 15) is 0 Å². The Morgan fingerprint density at radius 2 is 2.00 bits per heavy atom. The van der Waals surface area contributed by atoms with Crippen LogP contribution in [0, 0.1) is 0 Å². The molecule has 7 heteroatoms. The molecule has 2 aliphatic rings. The summed E-state index contributed by atoms with van der Waals surface area (Å²) < 4.78 is 5.56. The molecule has 2 N–H and O–H groups in total. The smallest absolute Gasteiger partial charge is 0.167 e. The lowest BCUT2D eigenvalue weighted by Gasteiger charge is -2.39. The number of piperazine rings is 1. The van der Waals surface area contributed by atoms with E-state index in [0.29, 0.717) is 5.02 Å². The van der Waals surface area contributed by atoms with Crippen molar-refractivity contribution in [2.45, 2.75) is 19.4 Å². The summed E-state index contributed by atoms with van der Waals surface area (Å²) in [4.78, 5) is 9.30. The Kier molecular flexibility index (Phi) is 5.18. The first-order valence-corrected chi connectivity index (χ1v) is 9.71. The van der Waals surface area contributed by atoms with E-state index in [4.69, 9.17) is 21.9 Å². The lowest BCUT2D eigenvalue weighted by molar-refractivity contribution is 0.136. The Hall–Kier alpha value is -2.31. The second kappa shape index (κ2) is 7.74. The van der Waals surface area contributed by atoms with Crippen molar-refractivity contribution in [2.24, 2.45) is 10.7 Å². The number of aliphatic imine (C=N–C) groups is 1. The van der Waals surface area contributed by atoms with Gasteiger partial charge >= 0.3 is 0 Å². The molecule has 1 unspecified atom stereocenters. The fourth-order valence-corrected chi connectivity index (χ4v) is 3.82. The molecule has 2 aromatic rings. The van der Waals surface area contributed by atoms with Gasteiger partial charge in [-0.15, -0.1) is 0 Å². The van der Waals surface area contributed by atoms with Gasteiger partial charge in [-0.05, 0) is 25.5 Å². The van der Waals surface area contributed by atoms with E-state index in [1.165, 1.54) is 0 Å². The van der Waals surface area contributed by atoms with Crippen LogP contribution in [-0.4, -0.2) is 53.5 Å². The predicted octanol–water partition coefficient (Wildman–Crippen LogP) is 3.32. The molecule has 1 saturated heterocycles. The summed E-state index contributed by atoms with van der Waals surface area (Å²) in [7, 11) is 0. The minimum Gasteiger partial charge on any atom is -0.396 e. The number of rotatable bonds is 3. The van der Waals surface area contributed by atoms with E-state index < -0.39 is 0 Å². The quantitative estimate of drug-likeness (QED) is 0.877. The van der Waals surface area contributed by atoms with Gasteiger partial charge in [0.2, 0.25) is 0 Å². The molecule has 0 radical (unpaired) electrons. The first kappa shape index (κ1) is 18.1. The van der Waals surface area contributed by atoms with Crippen LogP contribution in [0.5, 0.6) is 0 Å². The summed E-state index contributed by atoms with van der Waals surface area (Å²) >= 11 is 6.08. The summed E-state index contributed by atoms with van der Waals surface area (Å²) in [6.07, 6.45) is 3.01. The number of dihydropyridines is 1. The lowest BCUT2D eigenvalue weighted by Crippen LogP contribution is -2.50. The minimum absolute atomic E-state index is 0.185. The Labute approximate surface area is 164 Å². The van der Waals surface area contributed by atoms with Gasteiger partial charge in [-0.3, -0.25) is 9.89 Å². The van der Waals surface area contributed by atoms with Gasteiger partial charge in [0.1, 0.15) is 11.5 Å². The third-order valence-electron chi connectivity index (χ3n) is 5.24. The van der Waals surface area contributed by atoms with Gasteiger partial charge in [0.25, 0.3) is 0 Å². The molecule has 0 spiro atoms. The third kappa shape index (κ3) is 3.87. The number of amidine groups is 1. The van der Waals surface area contributed by atoms with Crippen LogP contribution in [0.4, 0.5) is 0 Å². The van der Waals surface area contributed by atoms with Crippen LogP contribution < -0.4 is 5.73 Å². The van der Waals surface area contributed by atoms with Crippen molar-refractivity contribution in [1.29, 1.82) is 0 Å². The SMILES string of the molecule is CC(c1cc(-c2cccc(Cl)c2)on1)N1CCN(C2=NCCC=C2N)CC1. The molecule has 142 valence electrons. The maximum Gasteiger partial charge on any atom is 0.167 e. The molecule has 0 saturated carbocycles. The first-order valence-electron chi connectivity index (χ1n) is 9.34. The van der Waals surface area contributed by atoms with Gasteiger partial charge in [-0.25, -0.2) is 0 Å². The van der Waals surface area contributed by atoms with Crippen molar-refractivity contribution in [1.82, 2.24) is 15.0 Å². The van der Waals surface area contributed by atoms with Crippen LogP contribution in [0.3, 0.4) is 0 Å². The van der Waals surface area contributed by atoms with Crippen LogP contribution in [0.2, 0.25) is 5.02 Å². The average Bonchev–Trinajstić information content (AvgIpc) is 3.18. The fraction of sp³-hybridized carbons (Fsp3) is 0.400. The topological polar surface area (TPSA) is 70.9 Å². The molecular formula is C20H24ClN5O. The van der Waals surface area contributed by atoms with Crippen LogP contribution in [0.1, 0.15) is 25.1 Å². The van der Waals surface area contributed by atoms with Gasteiger partial charge in [0, 0.05) is 49.4 Å². The summed E-state index contributed by atoms with van der Waals surface area (Å²) in [6, 6.07) is 9.82. The number of aromatic nitrogens is 1. The predicted molar refractivity (Wildman–Crippen MR) is 108 cm³/mol. The van der Waals surface area contributed by atoms with Crippen LogP contribution in [0.15, 0.2) is 51.6 Å². The maximum absolute atomic E-state index is 6.11. The highest BCUT2D eigenvalue weighted by Crippen LogP contribution is 2.28. The van der Waals surface area contributed by atoms with E-state index in [-0.39, 0.29) is 6.04 Å². The second-order valence-corrected chi connectivity index (χ2v) is 7.42. The average molecular weight is 386 g/mol. The van der Waals surface area contributed by atoms with Crippen LogP contribution in [0.25, 0.3) is 11.3 Å². The maximum atomic E-state index is 6.11. The van der Waals surface area contributed by atoms with Gasteiger partial charge < -0.3 is 15.2 Å². The molecule has 1 aromatic heterocycles. The Bertz CT molecular complexity index is 867. The Morgan fingerprint density at radius 3 is 2.74 bits per heavy atom. The molecule has 0 bridgehead atoms. The molecule has 1 atom stereocenters. The van der Waals surface area contributed by atoms with Crippen molar-refractivity contribution in [3.8, 4) is 11.3 Å². The number of hydrogen-bond donors (Lipinski definition) is 1. The largest absolute Gasteiger partial charge is 0.396 e. The number of benzene rings is 1. The first-order chi connectivity index (χ1) is 13.1. The monoisotopic (exact) mass is 385 g/mol. The van der Waals surface area contributed by atoms with E-state index in [1.54, 1.807) is 0 Å². The highest BCUT2D eigenvalue weighted by atomic mass is 35.5. The van der Waals surface area contributed by atoms with E-state index in [1.807, 2.05) is 30.3 Å². The van der Waals surface area contributed by atoms with Crippen molar-refractivity contribution < 1.29 is 4.52 Å². The molecule has 4 rings (SSSR count). The fourth-order valence-electron chi connectivity index (χ4n) is 3.63. The highest BCUT2D eigenvalue weighted by Gasteiger charge is 2.26. The van der Waals surface area contributed by atoms with Gasteiger partial charge in [0.15, 0.2) is 5.76 Å². The van der Waals surface area contributed by atoms with Crippen molar-refractivity contribution in [2.75, 3.05) is 32.7 Å². The van der Waals surface area contributed by atoms with Crippen molar-refractivity contribution >= 4 is 17.4 Å². The zero-order valence-electron chi connectivity index (χ0n) is 15.4. The Morgan fingerprint density at radius 1 is 1.19 bits per heavy atom. The van der Waals surface area contributed by atoms with Gasteiger partial charge in [-0.2, -0.15) is 0 Å². The van der Waals surface area contributed by atoms with Gasteiger partial charge in [0.05, 0.1) is 11.7 Å². The number of nitrogens with zero attached hydrogens (tertiary/aromatic N) is 4. The number of nitrogens with two attached hydrogens (primary N) is 1. The Balaban J connectivity index is 1.40. The normalized spacial score (nSPS) is 19.6. The van der Waals surface area contributed by atoms with Crippen molar-refractivity contribution in [3.63, 3.8) is 0 Å². The summed E-state index contributed by atoms with van der Waals surface area (Å²) in [6.45, 7) is 6.70. The van der Waals surface area contributed by atoms with E-state index in [0.717, 1.165) is 67.7 Å². The zero-order chi connectivity index (χ0) is 18.8. The number of halogens is 1. The summed E-state index contributed by atoms with van der Waals surface area (Å²) in [5.41, 5.74) is 8.80. The van der Waals surface area contributed by atoms with Gasteiger partial charge in [-0.1, -0.05) is 35.0 Å². The molecule has 0 aliphatic carbocycles. The van der Waals surface area contributed by atoms with E-state index >= 15 is 0 Å². The molecule has 2 aliphatic heterocycles. The second-order valence-electron chi connectivity index (χ2n) is 6.98. The molecule has 1 aromatic carbocycles. The third-order valence-corrected chi connectivity index (χ3v) is 5.48. The standard InChI is InChI=1S/C20H24ClN5O/c1-14(18-13-19(27-24-18)15-4-2-5-16(21)12-15)25-8-10-26(11-9-25)20-17(22)6-3-7-23-20/h2,4-6,12-14H,3,7-11,22H2,1H3. The molecule has 3 heterocycles. The molecule has 0 amide bonds. The molecular weight excluding hydrogens is 362 g/mol. The lowest BCUT2D eigenvalue weighted by atomic mass is 10.1. The minimum atomic E-state index is 0.185. The summed E-state index contributed by atoms with van der Waals surface area (Å²) in [5, 5.41) is 4.98. The number of hydrogen-bond acceptors (Lipinski definition) is 6. The van der Waals surface area contributed by atoms with Crippen molar-refractivity contribution in [3.05, 3.63) is 52.8 Å². The molecule has 27 heavy (non-hydrogen) atoms. The van der Waals surface area contributed by atoms with E-state index in [2.05, 4.69) is 32.9 Å². The zero-order valence-corrected chi connectivity index (χ0v) is 16.2. The highest BCUT2D eigenvalue weighted by molar-refractivity contribution is 6.30. The molecule has 6 nitrogen and oxygen atoms in total. The van der Waals surface area contributed by atoms with Crippen LogP contribution >= 0.6 is 11.6 Å². The molecule has 1 fully saturated rings.